The lowest BCUT2D eigenvalue weighted by molar-refractivity contribution is -0.0899. The first-order chi connectivity index (χ1) is 1.91. The van der Waals surface area contributed by atoms with E-state index in [1.807, 2.05) is 0 Å². The molecular formula is C2H6NSi+. The molecule has 0 fully saturated rings. The summed E-state index contributed by atoms with van der Waals surface area (Å²) in [7, 11) is 0.0463. The second kappa shape index (κ2) is 2.76. The number of hydrogen-bond acceptors (Lipinski definition) is 0. The normalized spacial score (nSPS) is 5.00. The Labute approximate surface area is 27.7 Å². The van der Waals surface area contributed by atoms with Crippen molar-refractivity contribution < 1.29 is 5.05 Å². The summed E-state index contributed by atoms with van der Waals surface area (Å²) >= 11 is 0. The number of nitrogens with two attached hydrogens (primary N) is 1. The maximum absolute atomic E-state index is 4.99. The van der Waals surface area contributed by atoms with Gasteiger partial charge in [-0.3, -0.25) is 0 Å². The molecule has 0 radical (unpaired) electrons. The van der Waals surface area contributed by atoms with Crippen LogP contribution in [0.25, 0.3) is 0 Å². The van der Waals surface area contributed by atoms with Crippen molar-refractivity contribution in [3.63, 3.8) is 0 Å². The van der Waals surface area contributed by atoms with Crippen molar-refractivity contribution in [1.29, 1.82) is 0 Å². The lowest BCUT2D eigenvalue weighted by Gasteiger charge is -1.31. The molecule has 0 aliphatic carbocycles. The van der Waals surface area contributed by atoms with Gasteiger partial charge in [0, 0.05) is 0 Å². The maximum atomic E-state index is 4.99. The van der Waals surface area contributed by atoms with E-state index in [0.29, 0.717) is 0 Å². The highest BCUT2D eigenvalue weighted by Gasteiger charge is 1.47. The smallest absolute Gasteiger partial charge is 0.340 e. The van der Waals surface area contributed by atoms with E-state index in [0.717, 1.165) is 0 Å². The van der Waals surface area contributed by atoms with E-state index in [1.165, 1.54) is 0 Å². The topological polar surface area (TPSA) is 25.6 Å². The fourth-order valence-corrected chi connectivity index (χ4v) is 0. The standard InChI is InChI=1S/C2H6NSi/c1-2-4-3/h2,4H,1,3H2/q+1. The second-order valence-corrected chi connectivity index (χ2v) is 1.28. The van der Waals surface area contributed by atoms with E-state index in [1.54, 1.807) is 5.70 Å². The van der Waals surface area contributed by atoms with E-state index in [4.69, 9.17) is 5.05 Å². The largest absolute Gasteiger partial charge is 0.347 e. The monoisotopic (exact) mass is 72.0 g/mol. The molecule has 0 saturated heterocycles. The molecule has 0 aromatic heterocycles. The molecule has 1 nitrogen and oxygen atoms in total. The molecule has 0 bridgehead atoms. The zero-order valence-corrected chi connectivity index (χ0v) is 3.59. The van der Waals surface area contributed by atoms with Crippen LogP contribution in [0.3, 0.4) is 0 Å². The van der Waals surface area contributed by atoms with Crippen LogP contribution in [-0.4, -0.2) is 9.31 Å². The summed E-state index contributed by atoms with van der Waals surface area (Å²) in [4.78, 5) is 0. The van der Waals surface area contributed by atoms with Gasteiger partial charge < -0.3 is 5.05 Å². The van der Waals surface area contributed by atoms with Gasteiger partial charge in [0.05, 0.1) is 0 Å². The van der Waals surface area contributed by atoms with Crippen LogP contribution in [0.2, 0.25) is 0 Å². The molecule has 0 aromatic rings. The first-order valence-corrected chi connectivity index (χ1v) is 2.41. The van der Waals surface area contributed by atoms with Gasteiger partial charge in [-0.1, -0.05) is 6.58 Å². The van der Waals surface area contributed by atoms with Crippen LogP contribution in [0.15, 0.2) is 12.3 Å². The van der Waals surface area contributed by atoms with Crippen LogP contribution in [-0.2, 0) is 0 Å². The summed E-state index contributed by atoms with van der Waals surface area (Å²) in [6, 6.07) is 0. The Morgan fingerprint density at radius 1 is 2.00 bits per heavy atom. The molecule has 22 valence electrons. The zero-order valence-electron chi connectivity index (χ0n) is 2.44. The lowest BCUT2D eigenvalue weighted by Crippen LogP contribution is -2.29. The third kappa shape index (κ3) is 1.76. The number of rotatable bonds is 1. The van der Waals surface area contributed by atoms with Crippen LogP contribution in [0, 0.1) is 0 Å². The Kier molecular flexibility index (Phi) is 2.59. The highest BCUT2D eigenvalue weighted by molar-refractivity contribution is 6.23. The first-order valence-electron chi connectivity index (χ1n) is 1.07. The maximum Gasteiger partial charge on any atom is 0.347 e. The van der Waals surface area contributed by atoms with E-state index in [2.05, 4.69) is 6.58 Å². The molecular weight excluding hydrogens is 66.1 g/mol. The molecule has 0 spiro atoms. The molecule has 0 rings (SSSR count). The quantitative estimate of drug-likeness (QED) is 0.365. The summed E-state index contributed by atoms with van der Waals surface area (Å²) in [5.74, 6) is 0. The third-order valence-corrected chi connectivity index (χ3v) is 0.408. The summed E-state index contributed by atoms with van der Waals surface area (Å²) in [6.07, 6.45) is 0. The van der Waals surface area contributed by atoms with Gasteiger partial charge in [0.2, 0.25) is 0 Å². The fraction of sp³-hybridized carbons (Fsp3) is 0. The van der Waals surface area contributed by atoms with E-state index in [9.17, 15) is 0 Å². The molecule has 0 aliphatic heterocycles. The van der Waals surface area contributed by atoms with Crippen LogP contribution < -0.4 is 5.05 Å². The van der Waals surface area contributed by atoms with Crippen LogP contribution in [0.1, 0.15) is 0 Å². The van der Waals surface area contributed by atoms with Crippen molar-refractivity contribution in [2.45, 2.75) is 0 Å². The molecule has 0 aliphatic rings. The Hall–Kier alpha value is -0.243. The van der Waals surface area contributed by atoms with Gasteiger partial charge in [-0.25, -0.2) is 0 Å². The molecule has 0 unspecified atom stereocenters. The van der Waals surface area contributed by atoms with Gasteiger partial charge in [0.1, 0.15) is 0 Å². The molecule has 2 N–H and O–H groups in total. The van der Waals surface area contributed by atoms with Gasteiger partial charge in [-0.05, 0) is 5.70 Å². The molecule has 0 atom stereocenters. The SMILES string of the molecule is C=C[SiH]=[NH2+]. The predicted molar refractivity (Wildman–Crippen MR) is 19.3 cm³/mol. The third-order valence-electron chi connectivity index (χ3n) is 0.136. The predicted octanol–water partition coefficient (Wildman–Crippen LogP) is -1.49. The Bertz CT molecular complexity index is 27.0. The lowest BCUT2D eigenvalue weighted by atomic mass is 11.3. The molecule has 0 amide bonds. The molecule has 0 saturated carbocycles. The van der Waals surface area contributed by atoms with Gasteiger partial charge in [0.15, 0.2) is 0 Å². The Balaban J connectivity index is 2.73. The average Bonchev–Trinajstić information content (AvgIpc) is 1.37. The summed E-state index contributed by atoms with van der Waals surface area (Å²) in [5, 5.41) is 4.99. The van der Waals surface area contributed by atoms with Crippen molar-refractivity contribution in [3.05, 3.63) is 12.3 Å². The Morgan fingerprint density at radius 3 is 2.25 bits per heavy atom. The van der Waals surface area contributed by atoms with Crippen molar-refractivity contribution in [2.24, 2.45) is 0 Å². The summed E-state index contributed by atoms with van der Waals surface area (Å²) < 4.78 is 0. The minimum atomic E-state index is 0.0463. The van der Waals surface area contributed by atoms with Crippen LogP contribution >= 0.6 is 0 Å². The van der Waals surface area contributed by atoms with E-state index < -0.39 is 0 Å². The van der Waals surface area contributed by atoms with Gasteiger partial charge in [-0.2, -0.15) is 0 Å². The summed E-state index contributed by atoms with van der Waals surface area (Å²) in [6.45, 7) is 3.39. The minimum absolute atomic E-state index is 0.0463. The molecule has 0 heterocycles. The van der Waals surface area contributed by atoms with Gasteiger partial charge in [-0.15, -0.1) is 0 Å². The van der Waals surface area contributed by atoms with Crippen LogP contribution in [0.5, 0.6) is 0 Å². The highest BCUT2D eigenvalue weighted by atomic mass is 28.2. The van der Waals surface area contributed by atoms with Crippen molar-refractivity contribution in [1.82, 2.24) is 0 Å². The van der Waals surface area contributed by atoms with Gasteiger partial charge in [0.25, 0.3) is 0 Å². The highest BCUT2D eigenvalue weighted by Crippen LogP contribution is 1.27. The molecule has 4 heavy (non-hydrogen) atoms. The fourth-order valence-electron chi connectivity index (χ4n) is 0. The minimum Gasteiger partial charge on any atom is -0.340 e. The molecule has 2 heteroatoms. The average molecular weight is 72.2 g/mol. The van der Waals surface area contributed by atoms with Crippen molar-refractivity contribution >= 4 is 9.31 Å². The number of hydrogen-bond donors (Lipinski definition) is 1. The van der Waals surface area contributed by atoms with Crippen molar-refractivity contribution in [2.75, 3.05) is 0 Å². The zero-order chi connectivity index (χ0) is 3.41. The Morgan fingerprint density at radius 2 is 2.25 bits per heavy atom. The first kappa shape index (κ1) is 3.76. The summed E-state index contributed by atoms with van der Waals surface area (Å²) in [5.41, 5.74) is 1.74. The van der Waals surface area contributed by atoms with E-state index in [-0.39, 0.29) is 9.31 Å². The van der Waals surface area contributed by atoms with E-state index >= 15 is 0 Å². The second-order valence-electron chi connectivity index (χ2n) is 0.428. The molecule has 0 aromatic carbocycles. The van der Waals surface area contributed by atoms with Crippen LogP contribution in [0.4, 0.5) is 0 Å². The van der Waals surface area contributed by atoms with Crippen molar-refractivity contribution in [3.8, 4) is 0 Å². The van der Waals surface area contributed by atoms with Gasteiger partial charge >= 0.3 is 9.31 Å².